The van der Waals surface area contributed by atoms with E-state index in [-0.39, 0.29) is 5.09 Å². The van der Waals surface area contributed by atoms with Crippen LogP contribution >= 0.6 is 11.6 Å². The Morgan fingerprint density at radius 3 is 2.31 bits per heavy atom. The molecule has 1 fully saturated rings. The van der Waals surface area contributed by atoms with Crippen LogP contribution in [0.2, 0.25) is 5.02 Å². The molecule has 1 aromatic heterocycles. The van der Waals surface area contributed by atoms with Crippen LogP contribution in [0.3, 0.4) is 0 Å². The smallest absolute Gasteiger partial charge is 0.275 e. The van der Waals surface area contributed by atoms with Gasteiger partial charge in [-0.25, -0.2) is 12.7 Å². The molecule has 8 heteroatoms. The number of benzene rings is 1. The minimum absolute atomic E-state index is 0.00269. The molecule has 0 spiro atoms. The summed E-state index contributed by atoms with van der Waals surface area (Å²) in [7, 11) is -0.521. The number of hydrogen-bond donors (Lipinski definition) is 0. The summed E-state index contributed by atoms with van der Waals surface area (Å²) in [6, 6.07) is 11.2. The van der Waals surface area contributed by atoms with Crippen LogP contribution in [0.1, 0.15) is 11.3 Å². The molecule has 0 radical (unpaired) electrons. The lowest BCUT2D eigenvalue weighted by Crippen LogP contribution is -2.45. The van der Waals surface area contributed by atoms with Crippen LogP contribution in [0.4, 0.5) is 0 Å². The van der Waals surface area contributed by atoms with Crippen molar-refractivity contribution in [1.29, 1.82) is 0 Å². The van der Waals surface area contributed by atoms with Gasteiger partial charge in [0.05, 0.1) is 6.54 Å². The Hall–Kier alpha value is -1.38. The summed E-state index contributed by atoms with van der Waals surface area (Å²) in [6.07, 6.45) is 0. The highest BCUT2D eigenvalue weighted by molar-refractivity contribution is 7.88. The van der Waals surface area contributed by atoms with Crippen molar-refractivity contribution in [2.45, 2.75) is 18.2 Å². The molecular formula is C18H24ClN3O3S. The zero-order chi connectivity index (χ0) is 18.7. The first-order valence-electron chi connectivity index (χ1n) is 8.55. The summed E-state index contributed by atoms with van der Waals surface area (Å²) in [6.45, 7) is 5.24. The Balaban J connectivity index is 1.52. The van der Waals surface area contributed by atoms with E-state index in [4.69, 9.17) is 16.0 Å². The third-order valence-electron chi connectivity index (χ3n) is 4.51. The Morgan fingerprint density at radius 1 is 1.04 bits per heavy atom. The van der Waals surface area contributed by atoms with Gasteiger partial charge in [-0.2, -0.15) is 0 Å². The average molecular weight is 398 g/mol. The van der Waals surface area contributed by atoms with E-state index in [1.807, 2.05) is 18.2 Å². The molecule has 2 aromatic rings. The van der Waals surface area contributed by atoms with Crippen LogP contribution in [-0.2, 0) is 23.1 Å². The molecule has 2 heterocycles. The Bertz CT molecular complexity index is 843. The number of halogens is 1. The predicted molar refractivity (Wildman–Crippen MR) is 102 cm³/mol. The van der Waals surface area contributed by atoms with Crippen molar-refractivity contribution < 1.29 is 12.8 Å². The second-order valence-corrected chi connectivity index (χ2v) is 9.21. The predicted octanol–water partition coefficient (Wildman–Crippen LogP) is 2.50. The van der Waals surface area contributed by atoms with E-state index >= 15 is 0 Å². The lowest BCUT2D eigenvalue weighted by Gasteiger charge is -2.34. The monoisotopic (exact) mass is 397 g/mol. The van der Waals surface area contributed by atoms with Crippen LogP contribution in [0, 0.1) is 0 Å². The molecule has 6 nitrogen and oxygen atoms in total. The summed E-state index contributed by atoms with van der Waals surface area (Å²) < 4.78 is 30.9. The Morgan fingerprint density at radius 2 is 1.69 bits per heavy atom. The molecule has 0 unspecified atom stereocenters. The van der Waals surface area contributed by atoms with Gasteiger partial charge in [0.25, 0.3) is 10.0 Å². The number of nitrogens with zero attached hydrogens (tertiary/aromatic N) is 3. The molecule has 3 rings (SSSR count). The zero-order valence-electron chi connectivity index (χ0n) is 15.1. The van der Waals surface area contributed by atoms with Crippen molar-refractivity contribution in [3.63, 3.8) is 0 Å². The van der Waals surface area contributed by atoms with E-state index in [1.165, 1.54) is 25.7 Å². The molecule has 0 atom stereocenters. The van der Waals surface area contributed by atoms with E-state index in [0.717, 1.165) is 42.1 Å². The summed E-state index contributed by atoms with van der Waals surface area (Å²) in [5.74, 6) is 0.675. The topological polar surface area (TPSA) is 57.0 Å². The highest BCUT2D eigenvalue weighted by Crippen LogP contribution is 2.19. The van der Waals surface area contributed by atoms with Crippen molar-refractivity contribution in [2.75, 3.05) is 40.3 Å². The average Bonchev–Trinajstić information content (AvgIpc) is 3.06. The maximum Gasteiger partial charge on any atom is 0.275 e. The van der Waals surface area contributed by atoms with Gasteiger partial charge in [-0.3, -0.25) is 9.80 Å². The van der Waals surface area contributed by atoms with E-state index in [2.05, 4.69) is 15.9 Å². The van der Waals surface area contributed by atoms with Crippen LogP contribution in [-0.4, -0.2) is 62.8 Å². The van der Waals surface area contributed by atoms with Gasteiger partial charge in [-0.05, 0) is 29.8 Å². The van der Waals surface area contributed by atoms with Gasteiger partial charge in [0.15, 0.2) is 0 Å². The van der Waals surface area contributed by atoms with Gasteiger partial charge in [-0.15, -0.1) is 0 Å². The lowest BCUT2D eigenvalue weighted by atomic mass is 10.2. The van der Waals surface area contributed by atoms with Crippen LogP contribution in [0.5, 0.6) is 0 Å². The van der Waals surface area contributed by atoms with Gasteiger partial charge in [0.1, 0.15) is 5.76 Å². The first-order chi connectivity index (χ1) is 12.3. The molecule has 1 aliphatic heterocycles. The summed E-state index contributed by atoms with van der Waals surface area (Å²) >= 11 is 6.05. The molecule has 1 saturated heterocycles. The standard InChI is InChI=1S/C18H24ClN3O3S/c1-20(2)26(23,24)18-7-6-17(25-18)14-22-10-8-21(9-11-22)13-15-4-3-5-16(19)12-15/h3-7,12H,8-11,13-14H2,1-2H3. The maximum atomic E-state index is 12.1. The first-order valence-corrected chi connectivity index (χ1v) is 10.4. The Kier molecular flexibility index (Phi) is 6.04. The molecule has 0 amide bonds. The van der Waals surface area contributed by atoms with Gasteiger partial charge in [-0.1, -0.05) is 23.7 Å². The third kappa shape index (κ3) is 4.66. The number of hydrogen-bond acceptors (Lipinski definition) is 5. The molecule has 0 saturated carbocycles. The molecule has 1 aliphatic rings. The molecule has 1 aromatic carbocycles. The highest BCUT2D eigenvalue weighted by Gasteiger charge is 2.23. The van der Waals surface area contributed by atoms with Crippen molar-refractivity contribution in [3.8, 4) is 0 Å². The first kappa shape index (κ1) is 19.4. The van der Waals surface area contributed by atoms with E-state index in [1.54, 1.807) is 6.07 Å². The third-order valence-corrected chi connectivity index (χ3v) is 6.44. The van der Waals surface area contributed by atoms with Crippen LogP contribution in [0.15, 0.2) is 45.9 Å². The quantitative estimate of drug-likeness (QED) is 0.749. The highest BCUT2D eigenvalue weighted by atomic mass is 35.5. The van der Waals surface area contributed by atoms with Gasteiger partial charge in [0.2, 0.25) is 5.09 Å². The zero-order valence-corrected chi connectivity index (χ0v) is 16.6. The number of rotatable bonds is 6. The summed E-state index contributed by atoms with van der Waals surface area (Å²) in [5, 5.41) is 0.763. The van der Waals surface area contributed by atoms with Gasteiger partial charge >= 0.3 is 0 Å². The van der Waals surface area contributed by atoms with E-state index in [0.29, 0.717) is 12.3 Å². The van der Waals surface area contributed by atoms with Crippen LogP contribution < -0.4 is 0 Å². The van der Waals surface area contributed by atoms with Crippen molar-refractivity contribution in [3.05, 3.63) is 52.7 Å². The number of piperazine rings is 1. The van der Waals surface area contributed by atoms with Gasteiger partial charge in [0, 0.05) is 51.8 Å². The fourth-order valence-electron chi connectivity index (χ4n) is 2.98. The Labute approximate surface area is 160 Å². The lowest BCUT2D eigenvalue weighted by molar-refractivity contribution is 0.114. The summed E-state index contributed by atoms with van der Waals surface area (Å²) in [5.41, 5.74) is 1.22. The van der Waals surface area contributed by atoms with Crippen molar-refractivity contribution in [1.82, 2.24) is 14.1 Å². The molecule has 0 N–H and O–H groups in total. The summed E-state index contributed by atoms with van der Waals surface area (Å²) in [4.78, 5) is 4.67. The number of furan rings is 1. The fourth-order valence-corrected chi connectivity index (χ4v) is 4.01. The normalized spacial score (nSPS) is 17.1. The largest absolute Gasteiger partial charge is 0.447 e. The molecule has 142 valence electrons. The molecular weight excluding hydrogens is 374 g/mol. The molecule has 26 heavy (non-hydrogen) atoms. The number of sulfonamides is 1. The molecule has 0 aliphatic carbocycles. The van der Waals surface area contributed by atoms with Crippen LogP contribution in [0.25, 0.3) is 0 Å². The SMILES string of the molecule is CN(C)S(=O)(=O)c1ccc(CN2CCN(Cc3cccc(Cl)c3)CC2)o1. The van der Waals surface area contributed by atoms with Gasteiger partial charge < -0.3 is 4.42 Å². The minimum atomic E-state index is -3.51. The van der Waals surface area contributed by atoms with Crippen molar-refractivity contribution >= 4 is 21.6 Å². The fraction of sp³-hybridized carbons (Fsp3) is 0.444. The second-order valence-electron chi connectivity index (χ2n) is 6.69. The van der Waals surface area contributed by atoms with Crippen molar-refractivity contribution in [2.24, 2.45) is 0 Å². The van der Waals surface area contributed by atoms with E-state index in [9.17, 15) is 8.42 Å². The van der Waals surface area contributed by atoms with E-state index < -0.39 is 10.0 Å². The maximum absolute atomic E-state index is 12.1. The molecule has 0 bridgehead atoms. The minimum Gasteiger partial charge on any atom is -0.447 e. The second kappa shape index (κ2) is 8.10.